The molecule has 0 unspecified atom stereocenters. The van der Waals surface area contributed by atoms with Gasteiger partial charge in [-0.25, -0.2) is 14.0 Å². The fourth-order valence-corrected chi connectivity index (χ4v) is 3.19. The van der Waals surface area contributed by atoms with Crippen LogP contribution < -0.4 is 14.8 Å². The van der Waals surface area contributed by atoms with E-state index in [9.17, 15) is 18.8 Å². The van der Waals surface area contributed by atoms with E-state index in [4.69, 9.17) is 21.1 Å². The number of carbonyl (C=O) groups is 3. The molecule has 1 aliphatic rings. The summed E-state index contributed by atoms with van der Waals surface area (Å²) in [4.78, 5) is 37.4. The Hall–Kier alpha value is -3.59. The molecule has 3 amide bonds. The van der Waals surface area contributed by atoms with E-state index in [-0.39, 0.29) is 35.4 Å². The van der Waals surface area contributed by atoms with E-state index < -0.39 is 23.7 Å². The molecule has 0 bridgehead atoms. The molecule has 32 heavy (non-hydrogen) atoms. The minimum absolute atomic E-state index is 0.00640. The molecule has 0 aromatic heterocycles. The van der Waals surface area contributed by atoms with Crippen molar-refractivity contribution in [3.8, 4) is 11.5 Å². The third-order valence-electron chi connectivity index (χ3n) is 4.42. The molecule has 8 nitrogen and oxygen atoms in total. The van der Waals surface area contributed by atoms with Gasteiger partial charge >= 0.3 is 12.0 Å². The molecule has 2 aromatic carbocycles. The Kier molecular flexibility index (Phi) is 7.32. The summed E-state index contributed by atoms with van der Waals surface area (Å²) >= 11 is 6.30. The maximum absolute atomic E-state index is 13.1. The number of amides is 3. The Morgan fingerprint density at radius 2 is 1.91 bits per heavy atom. The van der Waals surface area contributed by atoms with Crippen molar-refractivity contribution in [2.24, 2.45) is 0 Å². The second kappa shape index (κ2) is 10.1. The van der Waals surface area contributed by atoms with Crippen molar-refractivity contribution in [2.45, 2.75) is 13.5 Å². The van der Waals surface area contributed by atoms with Gasteiger partial charge in [-0.15, -0.1) is 0 Å². The standard InChI is InChI=1S/C22H20ClFN2O6/c1-3-31-18-10-14(8-16(23)20(18)32-12-19(27)30-2)9-17-21(28)26(22(29)25-17)11-13-4-6-15(24)7-5-13/h4-10H,3,11-12H2,1-2H3,(H,25,29). The van der Waals surface area contributed by atoms with Crippen LogP contribution in [0.2, 0.25) is 5.02 Å². The van der Waals surface area contributed by atoms with E-state index in [1.54, 1.807) is 13.0 Å². The van der Waals surface area contributed by atoms with Crippen LogP contribution in [0.3, 0.4) is 0 Å². The number of ether oxygens (including phenoxy) is 3. The molecule has 168 valence electrons. The zero-order valence-corrected chi connectivity index (χ0v) is 18.1. The summed E-state index contributed by atoms with van der Waals surface area (Å²) in [7, 11) is 1.23. The molecule has 1 heterocycles. The summed E-state index contributed by atoms with van der Waals surface area (Å²) in [6.45, 7) is 1.69. The van der Waals surface area contributed by atoms with Gasteiger partial charge < -0.3 is 19.5 Å². The van der Waals surface area contributed by atoms with Crippen molar-refractivity contribution < 1.29 is 33.0 Å². The summed E-state index contributed by atoms with van der Waals surface area (Å²) in [5.74, 6) is -1.13. The van der Waals surface area contributed by atoms with Gasteiger partial charge in [-0.1, -0.05) is 23.7 Å². The van der Waals surface area contributed by atoms with E-state index in [2.05, 4.69) is 10.1 Å². The summed E-state index contributed by atoms with van der Waals surface area (Å²) in [6, 6.07) is 7.98. The van der Waals surface area contributed by atoms with Crippen LogP contribution in [0.5, 0.6) is 11.5 Å². The quantitative estimate of drug-likeness (QED) is 0.366. The van der Waals surface area contributed by atoms with E-state index in [0.717, 1.165) is 4.90 Å². The number of esters is 1. The maximum atomic E-state index is 13.1. The molecular formula is C22H20ClFN2O6. The SMILES string of the molecule is CCOc1cc(C=C2NC(=O)N(Cc3ccc(F)cc3)C2=O)cc(Cl)c1OCC(=O)OC. The van der Waals surface area contributed by atoms with Crippen molar-refractivity contribution in [1.82, 2.24) is 10.2 Å². The lowest BCUT2D eigenvalue weighted by atomic mass is 10.1. The van der Waals surface area contributed by atoms with Crippen LogP contribution in [0.15, 0.2) is 42.1 Å². The smallest absolute Gasteiger partial charge is 0.343 e. The molecule has 1 fully saturated rings. The first-order valence-electron chi connectivity index (χ1n) is 9.57. The molecule has 3 rings (SSSR count). The van der Waals surface area contributed by atoms with E-state index in [0.29, 0.717) is 17.7 Å². The van der Waals surface area contributed by atoms with Gasteiger partial charge in [0.1, 0.15) is 11.5 Å². The number of halogens is 2. The number of carbonyl (C=O) groups excluding carboxylic acids is 3. The van der Waals surface area contributed by atoms with Gasteiger partial charge in [-0.2, -0.15) is 0 Å². The number of hydrogen-bond donors (Lipinski definition) is 1. The Morgan fingerprint density at radius 1 is 1.19 bits per heavy atom. The lowest BCUT2D eigenvalue weighted by Gasteiger charge is -2.14. The first-order valence-corrected chi connectivity index (χ1v) is 9.95. The molecule has 1 N–H and O–H groups in total. The van der Waals surface area contributed by atoms with E-state index >= 15 is 0 Å². The minimum atomic E-state index is -0.597. The van der Waals surface area contributed by atoms with Gasteiger partial charge in [-0.3, -0.25) is 9.69 Å². The molecule has 10 heteroatoms. The summed E-state index contributed by atoms with van der Waals surface area (Å²) in [6.07, 6.45) is 1.45. The number of imide groups is 1. The van der Waals surface area contributed by atoms with Gasteiger partial charge in [0.15, 0.2) is 18.1 Å². The van der Waals surface area contributed by atoms with Gasteiger partial charge in [0.2, 0.25) is 0 Å². The largest absolute Gasteiger partial charge is 0.490 e. The Balaban J connectivity index is 1.83. The zero-order valence-electron chi connectivity index (χ0n) is 17.3. The number of hydrogen-bond acceptors (Lipinski definition) is 6. The highest BCUT2D eigenvalue weighted by Crippen LogP contribution is 2.37. The van der Waals surface area contributed by atoms with Crippen molar-refractivity contribution >= 4 is 35.6 Å². The Morgan fingerprint density at radius 3 is 2.56 bits per heavy atom. The topological polar surface area (TPSA) is 94.2 Å². The highest BCUT2D eigenvalue weighted by atomic mass is 35.5. The monoisotopic (exact) mass is 462 g/mol. The van der Waals surface area contributed by atoms with Gasteiger partial charge in [0.05, 0.1) is 25.3 Å². The summed E-state index contributed by atoms with van der Waals surface area (Å²) in [5.41, 5.74) is 1.11. The predicted molar refractivity (Wildman–Crippen MR) is 114 cm³/mol. The molecule has 0 aliphatic carbocycles. The average Bonchev–Trinajstić information content (AvgIpc) is 3.02. The third-order valence-corrected chi connectivity index (χ3v) is 4.70. The van der Waals surface area contributed by atoms with Crippen LogP contribution in [0, 0.1) is 5.82 Å². The predicted octanol–water partition coefficient (Wildman–Crippen LogP) is 3.52. The summed E-state index contributed by atoms with van der Waals surface area (Å²) < 4.78 is 28.6. The number of benzene rings is 2. The van der Waals surface area contributed by atoms with Gasteiger partial charge in [-0.05, 0) is 48.4 Å². The minimum Gasteiger partial charge on any atom is -0.490 e. The zero-order chi connectivity index (χ0) is 23.3. The molecule has 0 radical (unpaired) electrons. The second-order valence-corrected chi connectivity index (χ2v) is 7.04. The maximum Gasteiger partial charge on any atom is 0.343 e. The first-order chi connectivity index (χ1) is 15.3. The van der Waals surface area contributed by atoms with Crippen LogP contribution >= 0.6 is 11.6 Å². The van der Waals surface area contributed by atoms with Crippen molar-refractivity contribution in [3.05, 3.63) is 64.1 Å². The fourth-order valence-electron chi connectivity index (χ4n) is 2.92. The third kappa shape index (κ3) is 5.36. The van der Waals surface area contributed by atoms with Gasteiger partial charge in [0.25, 0.3) is 5.91 Å². The lowest BCUT2D eigenvalue weighted by Crippen LogP contribution is -2.30. The second-order valence-electron chi connectivity index (χ2n) is 6.63. The Bertz CT molecular complexity index is 1070. The molecule has 1 aliphatic heterocycles. The van der Waals surface area contributed by atoms with Crippen LogP contribution in [0.25, 0.3) is 6.08 Å². The highest BCUT2D eigenvalue weighted by Gasteiger charge is 2.33. The number of urea groups is 1. The number of nitrogens with one attached hydrogen (secondary N) is 1. The van der Waals surface area contributed by atoms with Crippen molar-refractivity contribution in [2.75, 3.05) is 20.3 Å². The van der Waals surface area contributed by atoms with Gasteiger partial charge in [0, 0.05) is 0 Å². The van der Waals surface area contributed by atoms with Crippen molar-refractivity contribution in [3.63, 3.8) is 0 Å². The van der Waals surface area contributed by atoms with E-state index in [1.807, 2.05) is 0 Å². The highest BCUT2D eigenvalue weighted by molar-refractivity contribution is 6.32. The van der Waals surface area contributed by atoms with Crippen molar-refractivity contribution in [1.29, 1.82) is 0 Å². The Labute approximate surface area is 188 Å². The molecule has 0 atom stereocenters. The number of nitrogens with zero attached hydrogens (tertiary/aromatic N) is 1. The molecular weight excluding hydrogens is 443 g/mol. The van der Waals surface area contributed by atoms with Crippen LogP contribution in [-0.2, 0) is 20.9 Å². The summed E-state index contributed by atoms with van der Waals surface area (Å²) in [5, 5.41) is 2.66. The molecule has 2 aromatic rings. The molecule has 1 saturated heterocycles. The normalized spacial score (nSPS) is 14.5. The van der Waals surface area contributed by atoms with E-state index in [1.165, 1.54) is 43.5 Å². The van der Waals surface area contributed by atoms with Crippen LogP contribution in [0.1, 0.15) is 18.1 Å². The number of rotatable bonds is 8. The first kappa shape index (κ1) is 23.1. The molecule has 0 saturated carbocycles. The van der Waals surface area contributed by atoms with Crippen LogP contribution in [-0.4, -0.2) is 43.1 Å². The van der Waals surface area contributed by atoms with Crippen LogP contribution in [0.4, 0.5) is 9.18 Å². The number of methoxy groups -OCH3 is 1. The molecule has 0 spiro atoms. The lowest BCUT2D eigenvalue weighted by molar-refractivity contribution is -0.142. The fraction of sp³-hybridized carbons (Fsp3) is 0.227. The average molecular weight is 463 g/mol.